The molecule has 2 aliphatic rings. The highest BCUT2D eigenvalue weighted by molar-refractivity contribution is 6.13. The van der Waals surface area contributed by atoms with Gasteiger partial charge in [0.05, 0.1) is 33.1 Å². The Bertz CT molecular complexity index is 5200. The number of nitrogens with zero attached hydrogens (tertiary/aromatic N) is 5. The van der Waals surface area contributed by atoms with Gasteiger partial charge < -0.3 is 23.5 Å². The van der Waals surface area contributed by atoms with Gasteiger partial charge in [-0.25, -0.2) is 0 Å². The Hall–Kier alpha value is -10.4. The Balaban J connectivity index is 0.983. The molecule has 2 aliphatic carbocycles. The molecule has 3 aromatic heterocycles. The van der Waals surface area contributed by atoms with Gasteiger partial charge in [0.25, 0.3) is 0 Å². The summed E-state index contributed by atoms with van der Waals surface area (Å²) in [4.78, 5) is 5.15. The number of rotatable bonds is 10. The van der Waals surface area contributed by atoms with Crippen molar-refractivity contribution in [1.29, 1.82) is 0 Å². The van der Waals surface area contributed by atoms with Gasteiger partial charge in [-0.1, -0.05) is 195 Å². The van der Waals surface area contributed by atoms with Crippen molar-refractivity contribution in [3.8, 4) is 28.2 Å². The molecule has 5 heteroatoms. The summed E-state index contributed by atoms with van der Waals surface area (Å²) in [5, 5.41) is 7.34. The van der Waals surface area contributed by atoms with E-state index in [9.17, 15) is 0 Å². The molecule has 3 heterocycles. The second-order valence-corrected chi connectivity index (χ2v) is 29.1. The molecule has 0 atom stereocenters. The first-order valence-corrected chi connectivity index (χ1v) is 33.4. The molecule has 0 bridgehead atoms. The molecular weight excluding hydrogens is 1130 g/mol. The molecule has 0 saturated heterocycles. The van der Waals surface area contributed by atoms with E-state index >= 15 is 0 Å². The van der Waals surface area contributed by atoms with Crippen molar-refractivity contribution in [2.75, 3.05) is 9.80 Å². The molecule has 17 rings (SSSR count). The van der Waals surface area contributed by atoms with E-state index in [2.05, 4.69) is 352 Å². The molecule has 0 fully saturated rings. The van der Waals surface area contributed by atoms with Crippen LogP contribution in [0.4, 0.5) is 34.1 Å². The number of hydrogen-bond donors (Lipinski definition) is 0. The summed E-state index contributed by atoms with van der Waals surface area (Å²) < 4.78 is 7.34. The zero-order valence-electron chi connectivity index (χ0n) is 54.5. The second-order valence-electron chi connectivity index (χ2n) is 29.1. The SMILES string of the molecule is CC1(C)CCC(C)(C)c2cc(N(c3cc(-c4ccc5c(c4)c4ccccc4n5-c4ccccc4)cc(N(c4ccc5c(c4)C(C)(C)CCC5(C)C)c4ccc5c6ccccc6n(-c6ccccc6)c5c4)c3)c3ccc4c5ccccc5n(-c5ccccc5)c4c3)ccc21. The monoisotopic (exact) mass is 1200 g/mol. The third kappa shape index (κ3) is 9.17. The van der Waals surface area contributed by atoms with Crippen molar-refractivity contribution in [2.45, 2.75) is 103 Å². The third-order valence-corrected chi connectivity index (χ3v) is 21.5. The number of aromatic nitrogens is 3. The number of anilines is 6. The van der Waals surface area contributed by atoms with Gasteiger partial charge in [-0.05, 0) is 214 Å². The van der Waals surface area contributed by atoms with Crippen molar-refractivity contribution in [3.05, 3.63) is 295 Å². The summed E-state index contributed by atoms with van der Waals surface area (Å²) in [6.45, 7) is 19.6. The van der Waals surface area contributed by atoms with Crippen LogP contribution in [0.1, 0.15) is 103 Å². The van der Waals surface area contributed by atoms with Gasteiger partial charge in [-0.15, -0.1) is 0 Å². The minimum Gasteiger partial charge on any atom is -0.310 e. The molecule has 0 N–H and O–H groups in total. The molecule has 0 saturated carbocycles. The van der Waals surface area contributed by atoms with Crippen LogP contribution in [0.5, 0.6) is 0 Å². The number of para-hydroxylation sites is 6. The largest absolute Gasteiger partial charge is 0.310 e. The van der Waals surface area contributed by atoms with Crippen LogP contribution in [0.3, 0.4) is 0 Å². The fraction of sp³-hybridized carbons (Fsp3) is 0.182. The minimum atomic E-state index is -0.0377. The second kappa shape index (κ2) is 21.1. The Kier molecular flexibility index (Phi) is 12.8. The van der Waals surface area contributed by atoms with E-state index in [1.165, 1.54) is 76.6 Å². The molecule has 5 nitrogen and oxygen atoms in total. The Labute approximate surface area is 546 Å². The molecule has 0 unspecified atom stereocenters. The highest BCUT2D eigenvalue weighted by Crippen LogP contribution is 2.53. The van der Waals surface area contributed by atoms with Crippen molar-refractivity contribution >= 4 is 99.5 Å². The van der Waals surface area contributed by atoms with Gasteiger partial charge in [0.2, 0.25) is 0 Å². The number of hydrogen-bond acceptors (Lipinski definition) is 2. The van der Waals surface area contributed by atoms with Gasteiger partial charge in [0, 0.05) is 83.5 Å². The normalized spacial score (nSPS) is 15.5. The predicted octanol–water partition coefficient (Wildman–Crippen LogP) is 24.3. The lowest BCUT2D eigenvalue weighted by Crippen LogP contribution is -2.34. The van der Waals surface area contributed by atoms with Crippen molar-refractivity contribution < 1.29 is 0 Å². The van der Waals surface area contributed by atoms with E-state index in [0.29, 0.717) is 0 Å². The first-order valence-electron chi connectivity index (χ1n) is 33.4. The average molecular weight is 1200 g/mol. The standard InChI is InChI=1S/C88H77N5/c1-85(2)46-48-87(5,6)77-54-63(39-43-75(77)85)89(65-37-41-72-69-30-18-21-33-79(69)92(83(72)56-65)61-26-14-10-15-27-61)67-50-59(58-36-45-82-74(52-58)71-32-20-23-35-81(71)91(82)60-24-12-9-13-25-60)51-68(53-67)90(64-40-44-76-78(55-64)88(7,8)49-47-86(76,3)4)66-38-42-73-70-31-19-22-34-80(70)93(84(73)57-66)62-28-16-11-17-29-62/h9-45,50-57H,46-49H2,1-8H3. The first-order chi connectivity index (χ1) is 45.1. The highest BCUT2D eigenvalue weighted by Gasteiger charge is 2.39. The molecular formula is C88H77N5. The maximum absolute atomic E-state index is 2.57. The van der Waals surface area contributed by atoms with Crippen LogP contribution < -0.4 is 9.80 Å². The maximum atomic E-state index is 2.57. The molecule has 0 spiro atoms. The molecule has 0 amide bonds. The molecule has 93 heavy (non-hydrogen) atoms. The lowest BCUT2D eigenvalue weighted by atomic mass is 9.63. The zero-order chi connectivity index (χ0) is 63.1. The lowest BCUT2D eigenvalue weighted by molar-refractivity contribution is 0.332. The van der Waals surface area contributed by atoms with Crippen LogP contribution in [-0.2, 0) is 21.7 Å². The fourth-order valence-corrected chi connectivity index (χ4v) is 16.3. The molecule has 454 valence electrons. The summed E-state index contributed by atoms with van der Waals surface area (Å²) in [5.41, 5.74) is 25.0. The van der Waals surface area contributed by atoms with Gasteiger partial charge in [-0.2, -0.15) is 0 Å². The van der Waals surface area contributed by atoms with E-state index in [-0.39, 0.29) is 21.7 Å². The summed E-state index contributed by atoms with van der Waals surface area (Å²) in [5.74, 6) is 0. The summed E-state index contributed by atoms with van der Waals surface area (Å²) >= 11 is 0. The Morgan fingerprint density at radius 1 is 0.226 bits per heavy atom. The van der Waals surface area contributed by atoms with Gasteiger partial charge in [0.1, 0.15) is 0 Å². The van der Waals surface area contributed by atoms with Crippen molar-refractivity contribution in [2.24, 2.45) is 0 Å². The van der Waals surface area contributed by atoms with Crippen LogP contribution in [-0.4, -0.2) is 13.7 Å². The summed E-state index contributed by atoms with van der Waals surface area (Å²) in [6.07, 6.45) is 4.50. The van der Waals surface area contributed by atoms with Crippen LogP contribution in [0.25, 0.3) is 93.6 Å². The zero-order valence-corrected chi connectivity index (χ0v) is 54.5. The molecule has 15 aromatic rings. The van der Waals surface area contributed by atoms with Crippen LogP contribution >= 0.6 is 0 Å². The van der Waals surface area contributed by atoms with Crippen molar-refractivity contribution in [1.82, 2.24) is 13.7 Å². The van der Waals surface area contributed by atoms with Crippen molar-refractivity contribution in [3.63, 3.8) is 0 Å². The lowest BCUT2D eigenvalue weighted by Gasteiger charge is -2.43. The van der Waals surface area contributed by atoms with Gasteiger partial charge in [0.15, 0.2) is 0 Å². The van der Waals surface area contributed by atoms with Crippen LogP contribution in [0.15, 0.2) is 273 Å². The van der Waals surface area contributed by atoms with Gasteiger partial charge >= 0.3 is 0 Å². The molecule has 0 aliphatic heterocycles. The smallest absolute Gasteiger partial charge is 0.0561 e. The minimum absolute atomic E-state index is 0.0333. The van der Waals surface area contributed by atoms with Gasteiger partial charge in [-0.3, -0.25) is 0 Å². The van der Waals surface area contributed by atoms with E-state index in [0.717, 1.165) is 99.0 Å². The Morgan fingerprint density at radius 2 is 0.548 bits per heavy atom. The third-order valence-electron chi connectivity index (χ3n) is 21.5. The average Bonchev–Trinajstić information content (AvgIpc) is 1.67. The topological polar surface area (TPSA) is 21.3 Å². The number of benzene rings is 12. The molecule has 0 radical (unpaired) electrons. The maximum Gasteiger partial charge on any atom is 0.0561 e. The number of fused-ring (bicyclic) bond motifs is 11. The predicted molar refractivity (Wildman–Crippen MR) is 395 cm³/mol. The van der Waals surface area contributed by atoms with E-state index < -0.39 is 0 Å². The quantitative estimate of drug-likeness (QED) is 0.136. The summed E-state index contributed by atoms with van der Waals surface area (Å²) in [7, 11) is 0. The molecule has 12 aromatic carbocycles. The fourth-order valence-electron chi connectivity index (χ4n) is 16.3. The van der Waals surface area contributed by atoms with E-state index in [1.807, 2.05) is 0 Å². The van der Waals surface area contributed by atoms with Crippen LogP contribution in [0.2, 0.25) is 0 Å². The Morgan fingerprint density at radius 3 is 0.968 bits per heavy atom. The van der Waals surface area contributed by atoms with E-state index in [4.69, 9.17) is 0 Å². The summed E-state index contributed by atoms with van der Waals surface area (Å²) in [6, 6.07) is 103. The highest BCUT2D eigenvalue weighted by atomic mass is 15.2. The van der Waals surface area contributed by atoms with Crippen LogP contribution in [0, 0.1) is 0 Å². The first kappa shape index (κ1) is 56.6. The van der Waals surface area contributed by atoms with E-state index in [1.54, 1.807) is 0 Å².